The van der Waals surface area contributed by atoms with Gasteiger partial charge < -0.3 is 14.8 Å². The van der Waals surface area contributed by atoms with Gasteiger partial charge in [-0.3, -0.25) is 9.69 Å². The summed E-state index contributed by atoms with van der Waals surface area (Å²) in [4.78, 5) is 15.2. The van der Waals surface area contributed by atoms with Gasteiger partial charge in [0.2, 0.25) is 0 Å². The molecule has 2 atom stereocenters. The van der Waals surface area contributed by atoms with Gasteiger partial charge in [0.25, 0.3) is 5.91 Å². The largest absolute Gasteiger partial charge is 0.492 e. The van der Waals surface area contributed by atoms with E-state index in [4.69, 9.17) is 9.47 Å². The predicted octanol–water partition coefficient (Wildman–Crippen LogP) is 3.70. The van der Waals surface area contributed by atoms with Crippen molar-refractivity contribution in [1.82, 2.24) is 4.90 Å². The van der Waals surface area contributed by atoms with E-state index >= 15 is 0 Å². The number of nitrogens with one attached hydrogen (secondary N) is 1. The first-order valence-corrected chi connectivity index (χ1v) is 9.93. The van der Waals surface area contributed by atoms with Crippen LogP contribution in [-0.4, -0.2) is 49.8 Å². The molecule has 1 saturated heterocycles. The lowest BCUT2D eigenvalue weighted by Crippen LogP contribution is -2.47. The molecule has 5 heteroatoms. The smallest absolute Gasteiger partial charge is 0.256 e. The zero-order chi connectivity index (χ0) is 18.4. The first kappa shape index (κ1) is 19.2. The lowest BCUT2D eigenvalue weighted by molar-refractivity contribution is -0.143. The van der Waals surface area contributed by atoms with E-state index in [2.05, 4.69) is 17.1 Å². The number of carbonyl (C=O) groups is 1. The molecule has 1 aliphatic heterocycles. The van der Waals surface area contributed by atoms with Crippen LogP contribution in [-0.2, 0) is 9.53 Å². The number of amides is 1. The number of ether oxygens (including phenoxy) is 2. The average Bonchev–Trinajstić information content (AvgIpc) is 3.16. The van der Waals surface area contributed by atoms with Gasteiger partial charge in [0, 0.05) is 19.3 Å². The third kappa shape index (κ3) is 4.77. The van der Waals surface area contributed by atoms with E-state index in [-0.39, 0.29) is 5.91 Å². The van der Waals surface area contributed by atoms with Gasteiger partial charge in [-0.25, -0.2) is 0 Å². The maximum Gasteiger partial charge on any atom is 0.256 e. The van der Waals surface area contributed by atoms with Crippen molar-refractivity contribution in [3.63, 3.8) is 0 Å². The quantitative estimate of drug-likeness (QED) is 0.806. The van der Waals surface area contributed by atoms with Crippen LogP contribution in [0.2, 0.25) is 0 Å². The number of hydrogen-bond acceptors (Lipinski definition) is 4. The Bertz CT molecular complexity index is 583. The summed E-state index contributed by atoms with van der Waals surface area (Å²) in [5.41, 5.74) is 0.0966. The molecule has 1 amide bonds. The van der Waals surface area contributed by atoms with Crippen LogP contribution >= 0.6 is 0 Å². The topological polar surface area (TPSA) is 50.8 Å². The van der Waals surface area contributed by atoms with Crippen molar-refractivity contribution in [2.75, 3.05) is 38.7 Å². The first-order valence-electron chi connectivity index (χ1n) is 9.93. The minimum atomic E-state index is -0.692. The Morgan fingerprint density at radius 1 is 1.23 bits per heavy atom. The zero-order valence-electron chi connectivity index (χ0n) is 16.1. The van der Waals surface area contributed by atoms with Gasteiger partial charge in [-0.15, -0.1) is 0 Å². The Hall–Kier alpha value is -1.59. The highest BCUT2D eigenvalue weighted by molar-refractivity contribution is 5.97. The average molecular weight is 360 g/mol. The summed E-state index contributed by atoms with van der Waals surface area (Å²) < 4.78 is 11.5. The molecule has 144 valence electrons. The molecule has 2 fully saturated rings. The Kier molecular flexibility index (Phi) is 6.54. The van der Waals surface area contributed by atoms with Crippen LogP contribution in [0.15, 0.2) is 24.3 Å². The van der Waals surface area contributed by atoms with Gasteiger partial charge in [-0.1, -0.05) is 13.3 Å². The van der Waals surface area contributed by atoms with Gasteiger partial charge in [-0.05, 0) is 75.4 Å². The summed E-state index contributed by atoms with van der Waals surface area (Å²) in [6.07, 6.45) is 6.38. The molecular formula is C21H32N2O3. The van der Waals surface area contributed by atoms with E-state index in [1.54, 1.807) is 7.11 Å². The summed E-state index contributed by atoms with van der Waals surface area (Å²) in [5.74, 6) is 1.32. The molecule has 1 saturated carbocycles. The fourth-order valence-corrected chi connectivity index (χ4v) is 4.17. The summed E-state index contributed by atoms with van der Waals surface area (Å²) in [7, 11) is 1.65. The monoisotopic (exact) mass is 360 g/mol. The number of likely N-dealkylation sites (tertiary alicyclic amines) is 1. The molecule has 3 rings (SSSR count). The van der Waals surface area contributed by atoms with Crippen molar-refractivity contribution >= 4 is 11.6 Å². The summed E-state index contributed by atoms with van der Waals surface area (Å²) >= 11 is 0. The predicted molar refractivity (Wildman–Crippen MR) is 104 cm³/mol. The van der Waals surface area contributed by atoms with Gasteiger partial charge in [0.1, 0.15) is 18.0 Å². The molecule has 0 aromatic heterocycles. The van der Waals surface area contributed by atoms with Gasteiger partial charge in [-0.2, -0.15) is 0 Å². The van der Waals surface area contributed by atoms with Crippen LogP contribution in [0.5, 0.6) is 5.75 Å². The standard InChI is InChI=1S/C21H32N2O3/c1-17-6-5-11-21(16-17,25-2)20(24)22-18-7-9-19(10-8-18)26-15-14-23-12-3-4-13-23/h7-10,17H,3-6,11-16H2,1-2H3,(H,22,24)/t17-,21+/m0/s1. The van der Waals surface area contributed by atoms with Crippen LogP contribution in [0.1, 0.15) is 45.4 Å². The molecule has 1 aliphatic carbocycles. The fraction of sp³-hybridized carbons (Fsp3) is 0.667. The highest BCUT2D eigenvalue weighted by Crippen LogP contribution is 2.35. The summed E-state index contributed by atoms with van der Waals surface area (Å²) in [6.45, 7) is 6.25. The van der Waals surface area contributed by atoms with Crippen molar-refractivity contribution in [3.05, 3.63) is 24.3 Å². The van der Waals surface area contributed by atoms with Gasteiger partial charge in [0.15, 0.2) is 0 Å². The Morgan fingerprint density at radius 3 is 2.62 bits per heavy atom. The Labute approximate surface area is 157 Å². The highest BCUT2D eigenvalue weighted by Gasteiger charge is 2.41. The van der Waals surface area contributed by atoms with E-state index < -0.39 is 5.60 Å². The van der Waals surface area contributed by atoms with E-state index in [1.165, 1.54) is 32.4 Å². The number of anilines is 1. The number of carbonyl (C=O) groups excluding carboxylic acids is 1. The fourth-order valence-electron chi connectivity index (χ4n) is 4.17. The lowest BCUT2D eigenvalue weighted by Gasteiger charge is -2.37. The normalized spacial score (nSPS) is 26.6. The van der Waals surface area contributed by atoms with Crippen molar-refractivity contribution in [2.45, 2.75) is 51.0 Å². The van der Waals surface area contributed by atoms with E-state index in [1.807, 2.05) is 24.3 Å². The van der Waals surface area contributed by atoms with Crippen LogP contribution < -0.4 is 10.1 Å². The van der Waals surface area contributed by atoms with E-state index in [0.717, 1.165) is 37.2 Å². The molecule has 1 aromatic rings. The second kappa shape index (κ2) is 8.87. The molecule has 2 aliphatic rings. The third-order valence-electron chi connectivity index (χ3n) is 5.75. The summed E-state index contributed by atoms with van der Waals surface area (Å²) in [5, 5.41) is 3.02. The lowest BCUT2D eigenvalue weighted by atomic mass is 9.78. The SMILES string of the molecule is CO[C@]1(C(=O)Nc2ccc(OCCN3CCCC3)cc2)CCC[C@H](C)C1. The minimum absolute atomic E-state index is 0.0331. The van der Waals surface area contributed by atoms with Crippen molar-refractivity contribution in [3.8, 4) is 5.75 Å². The van der Waals surface area contributed by atoms with Crippen LogP contribution in [0.25, 0.3) is 0 Å². The zero-order valence-corrected chi connectivity index (χ0v) is 16.1. The minimum Gasteiger partial charge on any atom is -0.492 e. The maximum atomic E-state index is 12.8. The van der Waals surface area contributed by atoms with Crippen molar-refractivity contribution in [2.24, 2.45) is 5.92 Å². The van der Waals surface area contributed by atoms with E-state index in [0.29, 0.717) is 12.5 Å². The molecule has 26 heavy (non-hydrogen) atoms. The van der Waals surface area contributed by atoms with Gasteiger partial charge >= 0.3 is 0 Å². The van der Waals surface area contributed by atoms with Crippen LogP contribution in [0.3, 0.4) is 0 Å². The second-order valence-corrected chi connectivity index (χ2v) is 7.78. The van der Waals surface area contributed by atoms with E-state index in [9.17, 15) is 4.79 Å². The number of rotatable bonds is 7. The maximum absolute atomic E-state index is 12.8. The Morgan fingerprint density at radius 2 is 1.96 bits per heavy atom. The van der Waals surface area contributed by atoms with Gasteiger partial charge in [0.05, 0.1) is 0 Å². The number of hydrogen-bond donors (Lipinski definition) is 1. The third-order valence-corrected chi connectivity index (χ3v) is 5.75. The molecule has 1 N–H and O–H groups in total. The Balaban J connectivity index is 1.50. The molecular weight excluding hydrogens is 328 g/mol. The molecule has 0 radical (unpaired) electrons. The van der Waals surface area contributed by atoms with Crippen LogP contribution in [0, 0.1) is 5.92 Å². The molecule has 0 unspecified atom stereocenters. The highest BCUT2D eigenvalue weighted by atomic mass is 16.5. The second-order valence-electron chi connectivity index (χ2n) is 7.78. The molecule has 1 heterocycles. The molecule has 5 nitrogen and oxygen atoms in total. The number of methoxy groups -OCH3 is 1. The van der Waals surface area contributed by atoms with Crippen molar-refractivity contribution in [1.29, 1.82) is 0 Å². The number of benzene rings is 1. The molecule has 0 bridgehead atoms. The summed E-state index contributed by atoms with van der Waals surface area (Å²) in [6, 6.07) is 7.64. The van der Waals surface area contributed by atoms with Crippen LogP contribution in [0.4, 0.5) is 5.69 Å². The van der Waals surface area contributed by atoms with Crippen molar-refractivity contribution < 1.29 is 14.3 Å². The first-order chi connectivity index (χ1) is 12.6. The molecule has 1 aromatic carbocycles. The number of nitrogens with zero attached hydrogens (tertiary/aromatic N) is 1. The molecule has 0 spiro atoms.